The van der Waals surface area contributed by atoms with Crippen LogP contribution >= 0.6 is 0 Å². The number of carbonyl (C=O) groups excluding carboxylic acids is 3. The molecule has 0 aromatic heterocycles. The van der Waals surface area contributed by atoms with Crippen LogP contribution in [-0.2, 0) is 14.8 Å². The molecule has 1 aliphatic heterocycles. The van der Waals surface area contributed by atoms with Crippen molar-refractivity contribution >= 4 is 33.4 Å². The molecule has 0 bridgehead atoms. The van der Waals surface area contributed by atoms with Gasteiger partial charge in [0.1, 0.15) is 0 Å². The van der Waals surface area contributed by atoms with E-state index in [2.05, 4.69) is 10.0 Å². The summed E-state index contributed by atoms with van der Waals surface area (Å²) in [6.07, 6.45) is 2.34. The number of rotatable bonds is 6. The number of hydrogen-bond acceptors (Lipinski definition) is 5. The standard InChI is InChI=1S/C23H33N3O5S/c1-14(2)13-26-21(28)18-11-10-17(12-19(18)22(26)29)24-20(27)15-6-8-16(9-7-15)25-32(30,31)23(3,4)5/h10-12,14-16,25H,6-9,13H2,1-5H3,(H,24,27)/t15-,16-. The topological polar surface area (TPSA) is 113 Å². The van der Waals surface area contributed by atoms with Crippen LogP contribution < -0.4 is 10.0 Å². The van der Waals surface area contributed by atoms with Crippen LogP contribution in [0.2, 0.25) is 0 Å². The van der Waals surface area contributed by atoms with Gasteiger partial charge in [0.15, 0.2) is 0 Å². The van der Waals surface area contributed by atoms with E-state index in [0.29, 0.717) is 49.0 Å². The molecule has 0 spiro atoms. The van der Waals surface area contributed by atoms with Crippen LogP contribution in [0, 0.1) is 11.8 Å². The van der Waals surface area contributed by atoms with E-state index < -0.39 is 14.8 Å². The number of sulfonamides is 1. The average molecular weight is 464 g/mol. The molecule has 2 aliphatic rings. The van der Waals surface area contributed by atoms with Crippen LogP contribution in [0.3, 0.4) is 0 Å². The SMILES string of the molecule is CC(C)CN1C(=O)c2ccc(NC(=O)[C@H]3CC[C@H](NS(=O)(=O)C(C)(C)C)CC3)cc2C1=O. The molecule has 0 atom stereocenters. The van der Waals surface area contributed by atoms with Crippen molar-refractivity contribution in [2.24, 2.45) is 11.8 Å². The lowest BCUT2D eigenvalue weighted by Gasteiger charge is -2.30. The summed E-state index contributed by atoms with van der Waals surface area (Å²) >= 11 is 0. The number of hydrogen-bond donors (Lipinski definition) is 2. The first kappa shape index (κ1) is 24.4. The normalized spacial score (nSPS) is 21.8. The van der Waals surface area contributed by atoms with Gasteiger partial charge in [-0.25, -0.2) is 13.1 Å². The number of carbonyl (C=O) groups is 3. The number of nitrogens with zero attached hydrogens (tertiary/aromatic N) is 1. The molecule has 2 N–H and O–H groups in total. The van der Waals surface area contributed by atoms with Gasteiger partial charge in [-0.15, -0.1) is 0 Å². The molecule has 1 saturated carbocycles. The van der Waals surface area contributed by atoms with Crippen LogP contribution in [0.5, 0.6) is 0 Å². The lowest BCUT2D eigenvalue weighted by Crippen LogP contribution is -2.46. The summed E-state index contributed by atoms with van der Waals surface area (Å²) < 4.78 is 26.6. The van der Waals surface area contributed by atoms with E-state index in [4.69, 9.17) is 0 Å². The summed E-state index contributed by atoms with van der Waals surface area (Å²) in [5, 5.41) is 2.86. The predicted molar refractivity (Wildman–Crippen MR) is 123 cm³/mol. The molecule has 1 fully saturated rings. The molecule has 32 heavy (non-hydrogen) atoms. The van der Waals surface area contributed by atoms with Gasteiger partial charge in [-0.1, -0.05) is 13.8 Å². The first-order valence-corrected chi connectivity index (χ1v) is 12.6. The quantitative estimate of drug-likeness (QED) is 0.629. The van der Waals surface area contributed by atoms with Crippen molar-refractivity contribution in [2.75, 3.05) is 11.9 Å². The molecule has 176 valence electrons. The van der Waals surface area contributed by atoms with Crippen molar-refractivity contribution in [2.45, 2.75) is 71.1 Å². The zero-order chi connectivity index (χ0) is 23.8. The van der Waals surface area contributed by atoms with Crippen LogP contribution in [0.25, 0.3) is 0 Å². The summed E-state index contributed by atoms with van der Waals surface area (Å²) in [6, 6.07) is 4.63. The van der Waals surface area contributed by atoms with Gasteiger partial charge in [0.2, 0.25) is 15.9 Å². The van der Waals surface area contributed by atoms with Crippen molar-refractivity contribution in [1.29, 1.82) is 0 Å². The van der Waals surface area contributed by atoms with Crippen LogP contribution in [0.4, 0.5) is 5.69 Å². The zero-order valence-electron chi connectivity index (χ0n) is 19.4. The number of anilines is 1. The van der Waals surface area contributed by atoms with Gasteiger partial charge in [0, 0.05) is 24.2 Å². The van der Waals surface area contributed by atoms with Crippen molar-refractivity contribution in [3.05, 3.63) is 29.3 Å². The Morgan fingerprint density at radius 2 is 1.66 bits per heavy atom. The molecule has 1 heterocycles. The maximum absolute atomic E-state index is 12.8. The Morgan fingerprint density at radius 1 is 1.06 bits per heavy atom. The van der Waals surface area contributed by atoms with E-state index in [9.17, 15) is 22.8 Å². The zero-order valence-corrected chi connectivity index (χ0v) is 20.2. The highest BCUT2D eigenvalue weighted by molar-refractivity contribution is 7.90. The minimum Gasteiger partial charge on any atom is -0.326 e. The highest BCUT2D eigenvalue weighted by Gasteiger charge is 2.37. The number of fused-ring (bicyclic) bond motifs is 1. The number of imide groups is 1. The fourth-order valence-corrected chi connectivity index (χ4v) is 5.04. The number of amides is 3. The molecule has 3 amide bonds. The average Bonchev–Trinajstić information content (AvgIpc) is 2.91. The van der Waals surface area contributed by atoms with Crippen LogP contribution in [-0.4, -0.2) is 48.4 Å². The highest BCUT2D eigenvalue weighted by atomic mass is 32.2. The second kappa shape index (κ2) is 8.94. The minimum atomic E-state index is -3.43. The Labute approximate surface area is 190 Å². The summed E-state index contributed by atoms with van der Waals surface area (Å²) in [5.41, 5.74) is 1.16. The van der Waals surface area contributed by atoms with E-state index in [-0.39, 0.29) is 35.6 Å². The smallest absolute Gasteiger partial charge is 0.261 e. The lowest BCUT2D eigenvalue weighted by atomic mass is 9.86. The molecule has 0 saturated heterocycles. The Balaban J connectivity index is 1.60. The molecule has 0 unspecified atom stereocenters. The fraction of sp³-hybridized carbons (Fsp3) is 0.609. The third-order valence-corrected chi connectivity index (χ3v) is 8.27. The van der Waals surface area contributed by atoms with E-state index >= 15 is 0 Å². The molecule has 8 nitrogen and oxygen atoms in total. The fourth-order valence-electron chi connectivity index (χ4n) is 4.01. The summed E-state index contributed by atoms with van der Waals surface area (Å²) in [4.78, 5) is 39.1. The van der Waals surface area contributed by atoms with Gasteiger partial charge in [0.05, 0.1) is 15.9 Å². The second-order valence-corrected chi connectivity index (χ2v) is 12.6. The van der Waals surface area contributed by atoms with E-state index in [0.717, 1.165) is 0 Å². The maximum Gasteiger partial charge on any atom is 0.261 e. The van der Waals surface area contributed by atoms with E-state index in [1.807, 2.05) is 13.8 Å². The third kappa shape index (κ3) is 5.04. The molecule has 1 aromatic rings. The van der Waals surface area contributed by atoms with Gasteiger partial charge in [-0.2, -0.15) is 0 Å². The molecule has 3 rings (SSSR count). The Kier molecular flexibility index (Phi) is 6.81. The Morgan fingerprint density at radius 3 is 2.22 bits per heavy atom. The first-order valence-electron chi connectivity index (χ1n) is 11.1. The summed E-state index contributed by atoms with van der Waals surface area (Å²) in [7, 11) is -3.43. The summed E-state index contributed by atoms with van der Waals surface area (Å²) in [5.74, 6) is -0.847. The van der Waals surface area contributed by atoms with Gasteiger partial charge >= 0.3 is 0 Å². The Hall–Kier alpha value is -2.26. The van der Waals surface area contributed by atoms with E-state index in [1.165, 1.54) is 4.90 Å². The van der Waals surface area contributed by atoms with Gasteiger partial charge in [-0.3, -0.25) is 19.3 Å². The molecule has 1 aromatic carbocycles. The largest absolute Gasteiger partial charge is 0.326 e. The van der Waals surface area contributed by atoms with Crippen molar-refractivity contribution in [3.63, 3.8) is 0 Å². The lowest BCUT2D eigenvalue weighted by molar-refractivity contribution is -0.120. The molecule has 1 aliphatic carbocycles. The molecular formula is C23H33N3O5S. The van der Waals surface area contributed by atoms with Gasteiger partial charge < -0.3 is 5.32 Å². The monoisotopic (exact) mass is 463 g/mol. The maximum atomic E-state index is 12.8. The predicted octanol–water partition coefficient (Wildman–Crippen LogP) is 3.15. The van der Waals surface area contributed by atoms with Crippen molar-refractivity contribution < 1.29 is 22.8 Å². The number of nitrogens with one attached hydrogen (secondary N) is 2. The highest BCUT2D eigenvalue weighted by Crippen LogP contribution is 2.29. The van der Waals surface area contributed by atoms with Crippen molar-refractivity contribution in [3.8, 4) is 0 Å². The van der Waals surface area contributed by atoms with Gasteiger partial charge in [-0.05, 0) is 70.6 Å². The summed E-state index contributed by atoms with van der Waals surface area (Å²) in [6.45, 7) is 9.22. The molecular weight excluding hydrogens is 430 g/mol. The third-order valence-electron chi connectivity index (χ3n) is 6.01. The second-order valence-electron chi connectivity index (χ2n) is 10.1. The molecule has 0 radical (unpaired) electrons. The van der Waals surface area contributed by atoms with E-state index in [1.54, 1.807) is 39.0 Å². The first-order chi connectivity index (χ1) is 14.8. The van der Waals surface area contributed by atoms with Crippen molar-refractivity contribution in [1.82, 2.24) is 9.62 Å². The van der Waals surface area contributed by atoms with Crippen LogP contribution in [0.15, 0.2) is 18.2 Å². The van der Waals surface area contributed by atoms with Crippen LogP contribution in [0.1, 0.15) is 81.0 Å². The van der Waals surface area contributed by atoms with Gasteiger partial charge in [0.25, 0.3) is 11.8 Å². The Bertz CT molecular complexity index is 1020. The number of benzene rings is 1. The minimum absolute atomic E-state index is 0.155. The molecule has 9 heteroatoms.